The first-order valence-electron chi connectivity index (χ1n) is 8.72. The molecular weight excluding hydrogens is 385 g/mol. The predicted octanol–water partition coefficient (Wildman–Crippen LogP) is 4.02. The summed E-state index contributed by atoms with van der Waals surface area (Å²) in [6.45, 7) is 4.06. The molecule has 2 amide bonds. The van der Waals surface area contributed by atoms with Crippen LogP contribution in [0.3, 0.4) is 0 Å². The number of nitrogens with one attached hydrogen (secondary N) is 3. The van der Waals surface area contributed by atoms with Gasteiger partial charge in [-0.2, -0.15) is 0 Å². The third kappa shape index (κ3) is 7.99. The van der Waals surface area contributed by atoms with Gasteiger partial charge in [-0.1, -0.05) is 36.7 Å². The number of halogens is 2. The minimum Gasteiger partial charge on any atom is -0.352 e. The largest absolute Gasteiger partial charge is 0.352 e. The SMILES string of the molecule is CCNCc1ccccc1NC(=O)CCCNC(=O)c1ccc(Cl)cc1.Cl. The molecule has 0 heterocycles. The van der Waals surface area contributed by atoms with Gasteiger partial charge in [0, 0.05) is 35.8 Å². The van der Waals surface area contributed by atoms with Gasteiger partial charge in [-0.3, -0.25) is 9.59 Å². The van der Waals surface area contributed by atoms with E-state index in [0.29, 0.717) is 36.5 Å². The van der Waals surface area contributed by atoms with Gasteiger partial charge in [0.25, 0.3) is 5.91 Å². The maximum absolute atomic E-state index is 12.1. The van der Waals surface area contributed by atoms with E-state index in [9.17, 15) is 9.59 Å². The third-order valence-corrected chi connectivity index (χ3v) is 4.08. The molecule has 2 aromatic rings. The average Bonchev–Trinajstić information content (AvgIpc) is 2.65. The van der Waals surface area contributed by atoms with Crippen molar-refractivity contribution in [3.63, 3.8) is 0 Å². The first-order valence-corrected chi connectivity index (χ1v) is 9.10. The summed E-state index contributed by atoms with van der Waals surface area (Å²) < 4.78 is 0. The predicted molar refractivity (Wildman–Crippen MR) is 113 cm³/mol. The van der Waals surface area contributed by atoms with E-state index in [1.165, 1.54) is 0 Å². The van der Waals surface area contributed by atoms with Crippen LogP contribution >= 0.6 is 24.0 Å². The fourth-order valence-electron chi connectivity index (χ4n) is 2.42. The van der Waals surface area contributed by atoms with E-state index < -0.39 is 0 Å². The molecule has 0 radical (unpaired) electrons. The highest BCUT2D eigenvalue weighted by Crippen LogP contribution is 2.15. The second kappa shape index (κ2) is 12.3. The van der Waals surface area contributed by atoms with Gasteiger partial charge in [0.1, 0.15) is 0 Å². The van der Waals surface area contributed by atoms with Crippen LogP contribution in [-0.4, -0.2) is 24.9 Å². The Hall–Kier alpha value is -2.08. The number of benzene rings is 2. The van der Waals surface area contributed by atoms with Gasteiger partial charge in [0.05, 0.1) is 0 Å². The van der Waals surface area contributed by atoms with Crippen molar-refractivity contribution in [2.45, 2.75) is 26.3 Å². The topological polar surface area (TPSA) is 70.2 Å². The number of amides is 2. The fraction of sp³-hybridized carbons (Fsp3) is 0.300. The maximum atomic E-state index is 12.1. The molecule has 0 aliphatic carbocycles. The zero-order chi connectivity index (χ0) is 18.8. The summed E-state index contributed by atoms with van der Waals surface area (Å²) >= 11 is 5.80. The monoisotopic (exact) mass is 409 g/mol. The number of carbonyl (C=O) groups is 2. The van der Waals surface area contributed by atoms with E-state index >= 15 is 0 Å². The summed E-state index contributed by atoms with van der Waals surface area (Å²) in [6, 6.07) is 14.4. The Morgan fingerprint density at radius 3 is 2.44 bits per heavy atom. The quantitative estimate of drug-likeness (QED) is 0.547. The Balaban J connectivity index is 0.00000364. The minimum atomic E-state index is -0.168. The van der Waals surface area contributed by atoms with Crippen molar-refractivity contribution in [3.8, 4) is 0 Å². The Labute approximate surface area is 171 Å². The zero-order valence-electron chi connectivity index (χ0n) is 15.3. The molecule has 7 heteroatoms. The molecular formula is C20H25Cl2N3O2. The van der Waals surface area contributed by atoms with Crippen LogP contribution < -0.4 is 16.0 Å². The second-order valence-corrected chi connectivity index (χ2v) is 6.29. The van der Waals surface area contributed by atoms with Crippen LogP contribution in [0, 0.1) is 0 Å². The van der Waals surface area contributed by atoms with Crippen LogP contribution in [0.15, 0.2) is 48.5 Å². The lowest BCUT2D eigenvalue weighted by Crippen LogP contribution is -2.25. The summed E-state index contributed by atoms with van der Waals surface area (Å²) in [5.41, 5.74) is 2.43. The third-order valence-electron chi connectivity index (χ3n) is 3.83. The van der Waals surface area contributed by atoms with E-state index in [2.05, 4.69) is 16.0 Å². The molecule has 2 aromatic carbocycles. The van der Waals surface area contributed by atoms with Crippen molar-refractivity contribution < 1.29 is 9.59 Å². The Bertz CT molecular complexity index is 736. The first-order chi connectivity index (χ1) is 12.6. The van der Waals surface area contributed by atoms with E-state index in [0.717, 1.165) is 17.8 Å². The molecule has 0 fully saturated rings. The molecule has 146 valence electrons. The van der Waals surface area contributed by atoms with Crippen LogP contribution in [-0.2, 0) is 11.3 Å². The van der Waals surface area contributed by atoms with Crippen molar-refractivity contribution in [2.75, 3.05) is 18.4 Å². The summed E-state index contributed by atoms with van der Waals surface area (Å²) in [5, 5.41) is 9.59. The number of anilines is 1. The molecule has 0 unspecified atom stereocenters. The molecule has 0 aliphatic rings. The standard InChI is InChI=1S/C20H24ClN3O2.ClH/c1-2-22-14-16-6-3-4-7-18(16)24-19(25)8-5-13-23-20(26)15-9-11-17(21)12-10-15;/h3-4,6-7,9-12,22H,2,5,8,13-14H2,1H3,(H,23,26)(H,24,25);1H. The Kier molecular flexibility index (Phi) is 10.5. The summed E-state index contributed by atoms with van der Waals surface area (Å²) in [5.74, 6) is -0.229. The number of para-hydroxylation sites is 1. The molecule has 2 rings (SSSR count). The van der Waals surface area contributed by atoms with E-state index in [1.54, 1.807) is 24.3 Å². The normalized spacial score (nSPS) is 10.0. The molecule has 0 spiro atoms. The molecule has 3 N–H and O–H groups in total. The lowest BCUT2D eigenvalue weighted by atomic mass is 10.1. The highest BCUT2D eigenvalue weighted by molar-refractivity contribution is 6.30. The first kappa shape index (κ1) is 23.0. The van der Waals surface area contributed by atoms with Gasteiger partial charge < -0.3 is 16.0 Å². The number of rotatable bonds is 9. The fourth-order valence-corrected chi connectivity index (χ4v) is 2.55. The molecule has 0 saturated heterocycles. The van der Waals surface area contributed by atoms with Gasteiger partial charge in [-0.05, 0) is 48.9 Å². The number of hydrogen-bond donors (Lipinski definition) is 3. The van der Waals surface area contributed by atoms with E-state index in [1.807, 2.05) is 31.2 Å². The summed E-state index contributed by atoms with van der Waals surface area (Å²) in [7, 11) is 0. The maximum Gasteiger partial charge on any atom is 0.251 e. The Morgan fingerprint density at radius 2 is 1.74 bits per heavy atom. The van der Waals surface area contributed by atoms with Crippen molar-refractivity contribution in [2.24, 2.45) is 0 Å². The molecule has 0 atom stereocenters. The lowest BCUT2D eigenvalue weighted by Gasteiger charge is -2.11. The van der Waals surface area contributed by atoms with Crippen molar-refractivity contribution in [1.82, 2.24) is 10.6 Å². The molecule has 27 heavy (non-hydrogen) atoms. The smallest absolute Gasteiger partial charge is 0.251 e. The highest BCUT2D eigenvalue weighted by atomic mass is 35.5. The van der Waals surface area contributed by atoms with Crippen molar-refractivity contribution in [3.05, 3.63) is 64.7 Å². The molecule has 0 aromatic heterocycles. The van der Waals surface area contributed by atoms with E-state index in [4.69, 9.17) is 11.6 Å². The van der Waals surface area contributed by atoms with Crippen molar-refractivity contribution in [1.29, 1.82) is 0 Å². The number of hydrogen-bond acceptors (Lipinski definition) is 3. The molecule has 0 bridgehead atoms. The van der Waals surface area contributed by atoms with Gasteiger partial charge in [0.15, 0.2) is 0 Å². The second-order valence-electron chi connectivity index (χ2n) is 5.85. The van der Waals surface area contributed by atoms with Crippen LogP contribution in [0.4, 0.5) is 5.69 Å². The summed E-state index contributed by atoms with van der Waals surface area (Å²) in [4.78, 5) is 24.1. The van der Waals surface area contributed by atoms with Crippen LogP contribution in [0.2, 0.25) is 5.02 Å². The van der Waals surface area contributed by atoms with E-state index in [-0.39, 0.29) is 24.2 Å². The average molecular weight is 410 g/mol. The highest BCUT2D eigenvalue weighted by Gasteiger charge is 2.08. The Morgan fingerprint density at radius 1 is 1.04 bits per heavy atom. The molecule has 0 aliphatic heterocycles. The number of carbonyl (C=O) groups excluding carboxylic acids is 2. The minimum absolute atomic E-state index is 0. The van der Waals surface area contributed by atoms with Crippen molar-refractivity contribution >= 4 is 41.5 Å². The van der Waals surface area contributed by atoms with Crippen LogP contribution in [0.1, 0.15) is 35.7 Å². The van der Waals surface area contributed by atoms with Gasteiger partial charge in [0.2, 0.25) is 5.91 Å². The van der Waals surface area contributed by atoms with Crippen LogP contribution in [0.5, 0.6) is 0 Å². The molecule has 5 nitrogen and oxygen atoms in total. The summed E-state index contributed by atoms with van der Waals surface area (Å²) in [6.07, 6.45) is 0.914. The van der Waals surface area contributed by atoms with Gasteiger partial charge in [-0.25, -0.2) is 0 Å². The van der Waals surface area contributed by atoms with Gasteiger partial charge in [-0.15, -0.1) is 12.4 Å². The van der Waals surface area contributed by atoms with Crippen LogP contribution in [0.25, 0.3) is 0 Å². The zero-order valence-corrected chi connectivity index (χ0v) is 16.8. The van der Waals surface area contributed by atoms with Gasteiger partial charge >= 0.3 is 0 Å². The molecule has 0 saturated carbocycles. The lowest BCUT2D eigenvalue weighted by molar-refractivity contribution is -0.116.